The van der Waals surface area contributed by atoms with Crippen LogP contribution in [-0.2, 0) is 32.2 Å². The lowest BCUT2D eigenvalue weighted by Gasteiger charge is -2.38. The summed E-state index contributed by atoms with van der Waals surface area (Å²) < 4.78 is 76.9. The van der Waals surface area contributed by atoms with Crippen LogP contribution in [0.5, 0.6) is 0 Å². The third-order valence-electron chi connectivity index (χ3n) is 7.53. The van der Waals surface area contributed by atoms with E-state index in [1.165, 1.54) is 6.20 Å². The zero-order valence-corrected chi connectivity index (χ0v) is 21.3. The first-order chi connectivity index (χ1) is 19.9. The molecule has 0 aliphatic carbocycles. The van der Waals surface area contributed by atoms with E-state index in [0.29, 0.717) is 27.3 Å². The van der Waals surface area contributed by atoms with Gasteiger partial charge in [-0.15, -0.1) is 0 Å². The first kappa shape index (κ1) is 26.3. The van der Waals surface area contributed by atoms with E-state index < -0.39 is 61.6 Å². The average Bonchev–Trinajstić information content (AvgIpc) is 3.51. The molecule has 0 saturated carbocycles. The number of fused-ring (bicyclic) bond motifs is 1. The van der Waals surface area contributed by atoms with E-state index in [1.54, 1.807) is 40.9 Å². The zero-order chi connectivity index (χ0) is 29.6. The molecule has 3 aliphatic rings. The number of nitrogens with zero attached hydrogens (tertiary/aromatic N) is 4. The summed E-state index contributed by atoms with van der Waals surface area (Å²) in [4.78, 5) is 43.8. The number of carbonyl (C=O) groups excluding carboxylic acids is 3. The van der Waals surface area contributed by atoms with Crippen molar-refractivity contribution in [2.75, 3.05) is 13.1 Å². The zero-order valence-electron chi connectivity index (χ0n) is 21.3. The number of pyridine rings is 1. The largest absolute Gasteiger partial charge is 0.377 e. The number of nitrogens with one attached hydrogen (secondary N) is 2. The maximum Gasteiger partial charge on any atom is 0.377 e. The predicted octanol–water partition coefficient (Wildman–Crippen LogP) is 2.51. The summed E-state index contributed by atoms with van der Waals surface area (Å²) in [6.07, 6.45) is -5.40. The number of benzene rings is 1. The smallest absolute Gasteiger partial charge is 0.324 e. The molecule has 2 N–H and O–H groups in total. The van der Waals surface area contributed by atoms with Crippen molar-refractivity contribution in [1.82, 2.24) is 29.5 Å². The molecule has 42 heavy (non-hydrogen) atoms. The molecule has 1 saturated heterocycles. The fraction of sp³-hybridized carbons (Fsp3) is 0.259. The molecule has 3 aromatic heterocycles. The number of aromatic nitrogens is 3. The second-order valence-corrected chi connectivity index (χ2v) is 10.2. The van der Waals surface area contributed by atoms with E-state index in [4.69, 9.17) is 0 Å². The van der Waals surface area contributed by atoms with Crippen LogP contribution < -0.4 is 10.6 Å². The molecule has 1 aromatic carbocycles. The molecule has 1 unspecified atom stereocenters. The number of imide groups is 1. The van der Waals surface area contributed by atoms with Crippen LogP contribution in [0.25, 0.3) is 27.7 Å². The summed E-state index contributed by atoms with van der Waals surface area (Å²) in [6.45, 7) is -3.23. The second kappa shape index (κ2) is 8.93. The van der Waals surface area contributed by atoms with E-state index in [0.717, 1.165) is 10.6 Å². The van der Waals surface area contributed by atoms with Gasteiger partial charge in [0.2, 0.25) is 5.91 Å². The van der Waals surface area contributed by atoms with Crippen molar-refractivity contribution in [3.63, 3.8) is 0 Å². The van der Waals surface area contributed by atoms with Gasteiger partial charge in [0.15, 0.2) is 5.95 Å². The van der Waals surface area contributed by atoms with Gasteiger partial charge in [-0.05, 0) is 23.3 Å². The highest BCUT2D eigenvalue weighted by Crippen LogP contribution is 2.38. The van der Waals surface area contributed by atoms with Crippen molar-refractivity contribution in [3.05, 3.63) is 71.6 Å². The van der Waals surface area contributed by atoms with Gasteiger partial charge in [0, 0.05) is 30.7 Å². The highest BCUT2D eigenvalue weighted by atomic mass is 19.3. The molecule has 4 aromatic rings. The van der Waals surface area contributed by atoms with E-state index in [2.05, 4.69) is 20.4 Å². The van der Waals surface area contributed by atoms with Gasteiger partial charge in [-0.1, -0.05) is 18.2 Å². The number of amides is 3. The second-order valence-electron chi connectivity index (χ2n) is 10.2. The number of alkyl halides is 4. The van der Waals surface area contributed by atoms with E-state index in [1.807, 2.05) is 0 Å². The molecule has 0 bridgehead atoms. The van der Waals surface area contributed by atoms with Crippen LogP contribution in [0.2, 0.25) is 0 Å². The molecule has 3 aliphatic heterocycles. The number of hydrogen-bond acceptors (Lipinski definition) is 6. The van der Waals surface area contributed by atoms with Gasteiger partial charge >= 0.3 is 12.2 Å². The Hall–Kier alpha value is -4.63. The monoisotopic (exact) mass is 586 g/mol. The maximum absolute atomic E-state index is 15.5. The third-order valence-corrected chi connectivity index (χ3v) is 7.53. The van der Waals surface area contributed by atoms with Crippen LogP contribution in [0.1, 0.15) is 16.8 Å². The molecule has 7 rings (SSSR count). The number of rotatable bonds is 3. The van der Waals surface area contributed by atoms with Crippen LogP contribution in [-0.4, -0.2) is 67.9 Å². The fourth-order valence-corrected chi connectivity index (χ4v) is 5.84. The van der Waals surface area contributed by atoms with E-state index in [-0.39, 0.29) is 28.6 Å². The van der Waals surface area contributed by atoms with Gasteiger partial charge in [-0.25, -0.2) is 4.98 Å². The minimum atomic E-state index is -4.27. The molecule has 0 radical (unpaired) electrons. The summed E-state index contributed by atoms with van der Waals surface area (Å²) in [5.74, 6) is -3.25. The molecule has 10 nitrogen and oxygen atoms in total. The van der Waals surface area contributed by atoms with Crippen molar-refractivity contribution in [3.8, 4) is 0 Å². The highest BCUT2D eigenvalue weighted by Gasteiger charge is 2.53. The molecule has 3 amide bonds. The molecule has 216 valence electrons. The van der Waals surface area contributed by atoms with Crippen LogP contribution in [0, 0.1) is 5.95 Å². The molecule has 6 heterocycles. The summed E-state index contributed by atoms with van der Waals surface area (Å²) in [5.41, 5.74) is 1.94. The summed E-state index contributed by atoms with van der Waals surface area (Å²) in [5, 5.41) is 5.40. The fourth-order valence-electron chi connectivity index (χ4n) is 5.84. The first-order valence-electron chi connectivity index (χ1n) is 12.7. The Kier molecular flexibility index (Phi) is 5.59. The Morgan fingerprint density at radius 3 is 2.52 bits per heavy atom. The quantitative estimate of drug-likeness (QED) is 0.282. The summed E-state index contributed by atoms with van der Waals surface area (Å²) in [7, 11) is 0. The Morgan fingerprint density at radius 2 is 1.76 bits per heavy atom. The number of hydrogen-bond donors (Lipinski definition) is 2. The molecule has 1 atom stereocenters. The van der Waals surface area contributed by atoms with Gasteiger partial charge in [0.1, 0.15) is 24.8 Å². The summed E-state index contributed by atoms with van der Waals surface area (Å²) in [6, 6.07) is 8.16. The van der Waals surface area contributed by atoms with Crippen molar-refractivity contribution in [1.29, 1.82) is 0 Å². The predicted molar refractivity (Wildman–Crippen MR) is 135 cm³/mol. The minimum absolute atomic E-state index is 0.00281. The molecular weight excluding hydrogens is 567 g/mol. The Labute approximate surface area is 232 Å². The number of morpholine rings is 1. The SMILES string of the molecule is O=C1NC(=O)C(c2cnc3ccccn23)=C1c1ccc2c3c1cc(F)n3CC(C(=O)N1CC(F)(F)OC(F)(F)C1)NC2. The van der Waals surface area contributed by atoms with Gasteiger partial charge in [-0.3, -0.25) is 28.8 Å². The van der Waals surface area contributed by atoms with Crippen LogP contribution in [0.3, 0.4) is 0 Å². The van der Waals surface area contributed by atoms with E-state index in [9.17, 15) is 31.9 Å². The Morgan fingerprint density at radius 1 is 1.02 bits per heavy atom. The minimum Gasteiger partial charge on any atom is -0.324 e. The molecule has 1 fully saturated rings. The molecule has 0 spiro atoms. The third kappa shape index (κ3) is 4.07. The number of ether oxygens (including phenoxy) is 1. The van der Waals surface area contributed by atoms with Crippen molar-refractivity contribution in [2.24, 2.45) is 0 Å². The van der Waals surface area contributed by atoms with Gasteiger partial charge in [0.25, 0.3) is 11.8 Å². The lowest BCUT2D eigenvalue weighted by atomic mass is 9.95. The Bertz CT molecular complexity index is 1860. The lowest BCUT2D eigenvalue weighted by Crippen LogP contribution is -2.60. The summed E-state index contributed by atoms with van der Waals surface area (Å²) >= 11 is 0. The van der Waals surface area contributed by atoms with Crippen molar-refractivity contribution in [2.45, 2.75) is 31.3 Å². The standard InChI is InChI=1S/C27H19F5N6O4/c28-18-7-15-14(20-21(24(40)35-23(20)39)17-9-34-19-3-1-2-6-37(17)19)5-4-13-8-33-16(10-38(18)22(13)15)25(41)36-11-26(29,30)42-27(31,32)12-36/h1-7,9,16,33H,8,10-12H2,(H,35,39,40). The first-order valence-corrected chi connectivity index (χ1v) is 12.7. The van der Waals surface area contributed by atoms with Crippen molar-refractivity contribution >= 4 is 45.4 Å². The van der Waals surface area contributed by atoms with E-state index >= 15 is 4.39 Å². The van der Waals surface area contributed by atoms with Gasteiger partial charge in [0.05, 0.1) is 28.6 Å². The van der Waals surface area contributed by atoms with Crippen molar-refractivity contribution < 1.29 is 41.1 Å². The van der Waals surface area contributed by atoms with Gasteiger partial charge in [-0.2, -0.15) is 22.0 Å². The molecular formula is C27H19F5N6O4. The maximum atomic E-state index is 15.5. The number of halogens is 5. The van der Waals surface area contributed by atoms with Crippen LogP contribution in [0.4, 0.5) is 22.0 Å². The molecule has 15 heteroatoms. The number of imidazole rings is 1. The number of carbonyl (C=O) groups is 3. The Balaban J connectivity index is 1.32. The topological polar surface area (TPSA) is 110 Å². The van der Waals surface area contributed by atoms with Crippen LogP contribution in [0.15, 0.2) is 48.8 Å². The highest BCUT2D eigenvalue weighted by molar-refractivity contribution is 6.49. The average molecular weight is 586 g/mol. The van der Waals surface area contributed by atoms with Crippen LogP contribution >= 0.6 is 0 Å². The normalized spacial score (nSPS) is 21.7. The lowest BCUT2D eigenvalue weighted by molar-refractivity contribution is -0.401. The van der Waals surface area contributed by atoms with Gasteiger partial charge < -0.3 is 14.8 Å².